The summed E-state index contributed by atoms with van der Waals surface area (Å²) in [5.74, 6) is -7.38. The quantitative estimate of drug-likeness (QED) is 0.251. The highest BCUT2D eigenvalue weighted by atomic mass is 16.4. The standard InChI is InChI=1S/C5H11B2NO8/c1-8(2(4(9)10)6(13)14)3(5(11)12)7(15)16/h2-3,13-16H,1H3,(H,9,10)(H,11,12). The van der Waals surface area contributed by atoms with Gasteiger partial charge in [-0.1, -0.05) is 0 Å². The van der Waals surface area contributed by atoms with Crippen LogP contribution in [-0.2, 0) is 9.59 Å². The molecule has 0 saturated carbocycles. The Morgan fingerprint density at radius 2 is 1.19 bits per heavy atom. The third-order valence-electron chi connectivity index (χ3n) is 1.95. The first-order chi connectivity index (χ1) is 7.20. The van der Waals surface area contributed by atoms with E-state index in [1.54, 1.807) is 0 Å². The second-order valence-electron chi connectivity index (χ2n) is 3.06. The fourth-order valence-electron chi connectivity index (χ4n) is 1.20. The van der Waals surface area contributed by atoms with Crippen LogP contribution in [0.15, 0.2) is 0 Å². The zero-order valence-electron chi connectivity index (χ0n) is 8.26. The maximum atomic E-state index is 10.6. The fraction of sp³-hybridized carbons (Fsp3) is 0.600. The van der Waals surface area contributed by atoms with E-state index in [4.69, 9.17) is 30.3 Å². The van der Waals surface area contributed by atoms with Gasteiger partial charge in [-0.25, -0.2) is 0 Å². The molecule has 0 heterocycles. The van der Waals surface area contributed by atoms with Crippen molar-refractivity contribution in [2.45, 2.75) is 11.9 Å². The first kappa shape index (κ1) is 14.9. The molecule has 0 rings (SSSR count). The van der Waals surface area contributed by atoms with Crippen LogP contribution in [0.2, 0.25) is 0 Å². The highest BCUT2D eigenvalue weighted by Gasteiger charge is 2.44. The van der Waals surface area contributed by atoms with E-state index in [2.05, 4.69) is 0 Å². The van der Waals surface area contributed by atoms with Gasteiger partial charge in [0.25, 0.3) is 0 Å². The van der Waals surface area contributed by atoms with Gasteiger partial charge in [-0.15, -0.1) is 0 Å². The second-order valence-corrected chi connectivity index (χ2v) is 3.06. The van der Waals surface area contributed by atoms with Crippen LogP contribution in [0, 0.1) is 0 Å². The predicted octanol–water partition coefficient (Wildman–Crippen LogP) is -4.15. The van der Waals surface area contributed by atoms with E-state index in [9.17, 15) is 9.59 Å². The molecule has 0 aromatic heterocycles. The first-order valence-electron chi connectivity index (χ1n) is 4.10. The molecule has 0 saturated heterocycles. The van der Waals surface area contributed by atoms with Crippen molar-refractivity contribution in [2.75, 3.05) is 7.05 Å². The Labute approximate surface area is 90.8 Å². The van der Waals surface area contributed by atoms with Crippen LogP contribution in [0.3, 0.4) is 0 Å². The van der Waals surface area contributed by atoms with E-state index in [-0.39, 0.29) is 0 Å². The lowest BCUT2D eigenvalue weighted by Crippen LogP contribution is -2.60. The minimum absolute atomic E-state index is 0.431. The van der Waals surface area contributed by atoms with Crippen LogP contribution in [0.25, 0.3) is 0 Å². The summed E-state index contributed by atoms with van der Waals surface area (Å²) in [5, 5.41) is 52.2. The molecule has 9 nitrogen and oxygen atoms in total. The summed E-state index contributed by atoms with van der Waals surface area (Å²) in [4.78, 5) is 21.7. The Hall–Kier alpha value is -1.13. The molecule has 6 N–H and O–H groups in total. The minimum Gasteiger partial charge on any atom is -0.480 e. The summed E-state index contributed by atoms with van der Waals surface area (Å²) in [7, 11) is -3.80. The average Bonchev–Trinajstić information content (AvgIpc) is 1.99. The number of hydrogen-bond acceptors (Lipinski definition) is 7. The highest BCUT2D eigenvalue weighted by molar-refractivity contribution is 6.51. The molecule has 0 spiro atoms. The maximum absolute atomic E-state index is 10.6. The largest absolute Gasteiger partial charge is 0.481 e. The zero-order chi connectivity index (χ0) is 13.0. The minimum atomic E-state index is -2.36. The number of hydrogen-bond donors (Lipinski definition) is 6. The van der Waals surface area contributed by atoms with Gasteiger partial charge in [0.15, 0.2) is 0 Å². The average molecular weight is 235 g/mol. The number of aliphatic carboxylic acids is 2. The topological polar surface area (TPSA) is 159 Å². The number of nitrogens with zero attached hydrogens (tertiary/aromatic N) is 1. The molecule has 0 radical (unpaired) electrons. The summed E-state index contributed by atoms with van der Waals surface area (Å²) in [6, 6.07) is 0. The van der Waals surface area contributed by atoms with E-state index in [1.807, 2.05) is 0 Å². The molecule has 16 heavy (non-hydrogen) atoms. The third-order valence-corrected chi connectivity index (χ3v) is 1.95. The zero-order valence-corrected chi connectivity index (χ0v) is 8.26. The van der Waals surface area contributed by atoms with Gasteiger partial charge in [0.05, 0.1) is 0 Å². The van der Waals surface area contributed by atoms with E-state index in [1.165, 1.54) is 0 Å². The maximum Gasteiger partial charge on any atom is 0.481 e. The normalized spacial score (nSPS) is 14.4. The van der Waals surface area contributed by atoms with Crippen molar-refractivity contribution in [1.82, 2.24) is 4.90 Å². The smallest absolute Gasteiger partial charge is 0.480 e. The molecule has 0 fully saturated rings. The molecule has 0 bridgehead atoms. The summed E-state index contributed by atoms with van der Waals surface area (Å²) >= 11 is 0. The Morgan fingerprint density at radius 3 is 1.31 bits per heavy atom. The molecule has 90 valence electrons. The van der Waals surface area contributed by atoms with Gasteiger partial charge in [-0.05, 0) is 7.05 Å². The van der Waals surface area contributed by atoms with Gasteiger partial charge in [0.2, 0.25) is 0 Å². The van der Waals surface area contributed by atoms with E-state index in [0.29, 0.717) is 4.90 Å². The van der Waals surface area contributed by atoms with Crippen LogP contribution in [-0.4, -0.2) is 80.3 Å². The molecule has 2 unspecified atom stereocenters. The lowest BCUT2D eigenvalue weighted by molar-refractivity contribution is -0.145. The molecule has 0 amide bonds. The van der Waals surface area contributed by atoms with Crippen LogP contribution < -0.4 is 0 Å². The van der Waals surface area contributed by atoms with Crippen molar-refractivity contribution in [3.63, 3.8) is 0 Å². The summed E-state index contributed by atoms with van der Waals surface area (Å²) in [6.07, 6.45) is 0. The van der Waals surface area contributed by atoms with Gasteiger partial charge >= 0.3 is 26.2 Å². The Balaban J connectivity index is 5.02. The second kappa shape index (κ2) is 5.82. The van der Waals surface area contributed by atoms with Crippen LogP contribution in [0.5, 0.6) is 0 Å². The van der Waals surface area contributed by atoms with Crippen LogP contribution in [0.1, 0.15) is 0 Å². The van der Waals surface area contributed by atoms with E-state index in [0.717, 1.165) is 7.05 Å². The SMILES string of the molecule is CN(C(B(O)O)C(=O)O)C(B(O)O)C(=O)O. The molecule has 2 atom stereocenters. The molecule has 11 heteroatoms. The predicted molar refractivity (Wildman–Crippen MR) is 51.0 cm³/mol. The van der Waals surface area contributed by atoms with Gasteiger partial charge in [0.1, 0.15) is 11.9 Å². The summed E-state index contributed by atoms with van der Waals surface area (Å²) in [5.41, 5.74) is 0. The first-order valence-corrected chi connectivity index (χ1v) is 4.10. The summed E-state index contributed by atoms with van der Waals surface area (Å²) in [6.45, 7) is 0. The van der Waals surface area contributed by atoms with Crippen LogP contribution >= 0.6 is 0 Å². The Bertz CT molecular complexity index is 245. The van der Waals surface area contributed by atoms with Crippen molar-refractivity contribution >= 4 is 26.2 Å². The molecule has 0 aliphatic heterocycles. The molecule has 0 aromatic carbocycles. The van der Waals surface area contributed by atoms with Crippen molar-refractivity contribution < 1.29 is 39.9 Å². The molecule has 0 aliphatic carbocycles. The van der Waals surface area contributed by atoms with Crippen molar-refractivity contribution in [2.24, 2.45) is 0 Å². The van der Waals surface area contributed by atoms with Gasteiger partial charge in [-0.2, -0.15) is 0 Å². The van der Waals surface area contributed by atoms with Crippen molar-refractivity contribution in [1.29, 1.82) is 0 Å². The Morgan fingerprint density at radius 1 is 0.938 bits per heavy atom. The Kier molecular flexibility index (Phi) is 5.41. The monoisotopic (exact) mass is 235 g/mol. The van der Waals surface area contributed by atoms with Gasteiger partial charge in [-0.3, -0.25) is 14.5 Å². The van der Waals surface area contributed by atoms with Gasteiger partial charge in [0, 0.05) is 0 Å². The number of carboxylic acid groups (broad SMARTS) is 2. The number of rotatable bonds is 6. The van der Waals surface area contributed by atoms with Gasteiger partial charge < -0.3 is 30.3 Å². The number of likely N-dealkylation sites (N-methyl/N-ethyl adjacent to an activating group) is 1. The molecular formula is C5H11B2NO8. The lowest BCUT2D eigenvalue weighted by Gasteiger charge is -2.28. The third kappa shape index (κ3) is 3.47. The highest BCUT2D eigenvalue weighted by Crippen LogP contribution is 2.06. The fourth-order valence-corrected chi connectivity index (χ4v) is 1.20. The number of carbonyl (C=O) groups is 2. The molecular weight excluding hydrogens is 224 g/mol. The van der Waals surface area contributed by atoms with Crippen molar-refractivity contribution in [3.8, 4) is 0 Å². The summed E-state index contributed by atoms with van der Waals surface area (Å²) < 4.78 is 0. The van der Waals surface area contributed by atoms with Crippen molar-refractivity contribution in [3.05, 3.63) is 0 Å². The molecule has 0 aliphatic rings. The molecule has 0 aromatic rings. The van der Waals surface area contributed by atoms with E-state index >= 15 is 0 Å². The lowest BCUT2D eigenvalue weighted by atomic mass is 9.72. The number of carboxylic acids is 2. The van der Waals surface area contributed by atoms with Crippen LogP contribution in [0.4, 0.5) is 0 Å². The van der Waals surface area contributed by atoms with E-state index < -0.39 is 38.1 Å².